The van der Waals surface area contributed by atoms with E-state index in [-0.39, 0.29) is 12.1 Å². The monoisotopic (exact) mass is 480 g/mol. The van der Waals surface area contributed by atoms with Gasteiger partial charge in [-0.15, -0.1) is 10.2 Å². The van der Waals surface area contributed by atoms with Gasteiger partial charge in [0.1, 0.15) is 17.2 Å². The van der Waals surface area contributed by atoms with Crippen LogP contribution >= 0.6 is 0 Å². The largest absolute Gasteiger partial charge is 0.416 e. The first kappa shape index (κ1) is 22.9. The van der Waals surface area contributed by atoms with E-state index in [9.17, 15) is 13.2 Å². The Labute approximate surface area is 199 Å². The highest BCUT2D eigenvalue weighted by Crippen LogP contribution is 2.41. The second kappa shape index (κ2) is 8.40. The fourth-order valence-corrected chi connectivity index (χ4v) is 4.51. The van der Waals surface area contributed by atoms with Gasteiger partial charge >= 0.3 is 6.18 Å². The Bertz CT molecular complexity index is 1380. The number of rotatable bonds is 4. The van der Waals surface area contributed by atoms with Crippen molar-refractivity contribution in [1.82, 2.24) is 34.7 Å². The number of nitrogens with zero attached hydrogens (tertiary/aromatic N) is 8. The molecule has 0 saturated carbocycles. The van der Waals surface area contributed by atoms with Crippen LogP contribution in [0, 0.1) is 6.92 Å². The van der Waals surface area contributed by atoms with Gasteiger partial charge in [-0.3, -0.25) is 9.55 Å². The molecule has 0 N–H and O–H groups in total. The molecular weight excluding hydrogens is 457 g/mol. The number of fused-ring (bicyclic) bond motifs is 3. The maximum atomic E-state index is 13.0. The average Bonchev–Trinajstić information content (AvgIpc) is 3.23. The summed E-state index contributed by atoms with van der Waals surface area (Å²) in [5.41, 5.74) is 1.32. The Balaban J connectivity index is 1.65. The van der Waals surface area contributed by atoms with Crippen LogP contribution in [0.4, 0.5) is 19.0 Å². The molecule has 0 spiro atoms. The molecule has 0 saturated heterocycles. The lowest BCUT2D eigenvalue weighted by molar-refractivity contribution is -0.137. The van der Waals surface area contributed by atoms with Crippen LogP contribution in [0.5, 0.6) is 0 Å². The summed E-state index contributed by atoms with van der Waals surface area (Å²) in [7, 11) is 0. The molecular formula is C24H23F3N8. The van der Waals surface area contributed by atoms with Gasteiger partial charge in [0, 0.05) is 24.0 Å². The van der Waals surface area contributed by atoms with Crippen LogP contribution in [0.25, 0.3) is 28.5 Å². The van der Waals surface area contributed by atoms with Gasteiger partial charge in [0.2, 0.25) is 0 Å². The first-order valence-corrected chi connectivity index (χ1v) is 11.3. The molecule has 180 valence electrons. The lowest BCUT2D eigenvalue weighted by Crippen LogP contribution is -2.40. The Morgan fingerprint density at radius 1 is 0.971 bits per heavy atom. The average molecular weight is 480 g/mol. The van der Waals surface area contributed by atoms with Gasteiger partial charge in [0.05, 0.1) is 23.5 Å². The predicted molar refractivity (Wildman–Crippen MR) is 124 cm³/mol. The van der Waals surface area contributed by atoms with Crippen LogP contribution in [0.15, 0.2) is 42.9 Å². The summed E-state index contributed by atoms with van der Waals surface area (Å²) < 4.78 is 41.1. The van der Waals surface area contributed by atoms with Gasteiger partial charge in [-0.25, -0.2) is 15.0 Å². The number of aromatic nitrogens is 7. The minimum absolute atomic E-state index is 0.0253. The fourth-order valence-electron chi connectivity index (χ4n) is 4.51. The summed E-state index contributed by atoms with van der Waals surface area (Å²) in [6, 6.07) is 4.92. The standard InChI is InChI=1S/C24H23F3N8/c1-5-17-23-33-32-14(4)35(23)18-12-30-21(31-22(18)34(17)13(2)3)20-19(28-10-11-29-20)15-6-8-16(9-7-15)24(25,26)27/h6-13,17H,5H2,1-4H3. The molecule has 4 aromatic rings. The van der Waals surface area contributed by atoms with Gasteiger partial charge in [-0.1, -0.05) is 19.1 Å². The molecule has 0 bridgehead atoms. The van der Waals surface area contributed by atoms with Gasteiger partial charge < -0.3 is 4.90 Å². The van der Waals surface area contributed by atoms with E-state index in [2.05, 4.69) is 50.8 Å². The van der Waals surface area contributed by atoms with Crippen LogP contribution in [0.2, 0.25) is 0 Å². The Morgan fingerprint density at radius 3 is 2.29 bits per heavy atom. The smallest absolute Gasteiger partial charge is 0.342 e. The van der Waals surface area contributed by atoms with Crippen molar-refractivity contribution >= 4 is 5.82 Å². The number of halogens is 3. The normalized spacial score (nSPS) is 15.3. The second-order valence-corrected chi connectivity index (χ2v) is 8.60. The quantitative estimate of drug-likeness (QED) is 0.397. The summed E-state index contributed by atoms with van der Waals surface area (Å²) in [5.74, 6) is 2.63. The van der Waals surface area contributed by atoms with E-state index in [0.717, 1.165) is 41.7 Å². The van der Waals surface area contributed by atoms with Crippen LogP contribution in [0.3, 0.4) is 0 Å². The molecule has 5 rings (SSSR count). The Morgan fingerprint density at radius 2 is 1.66 bits per heavy atom. The summed E-state index contributed by atoms with van der Waals surface area (Å²) in [5, 5.41) is 8.69. The van der Waals surface area contributed by atoms with Crippen molar-refractivity contribution in [2.24, 2.45) is 0 Å². The van der Waals surface area contributed by atoms with Crippen molar-refractivity contribution in [2.45, 2.75) is 52.4 Å². The maximum Gasteiger partial charge on any atom is 0.416 e. The molecule has 1 atom stereocenters. The molecule has 0 aliphatic carbocycles. The lowest BCUT2D eigenvalue weighted by Gasteiger charge is -2.39. The number of hydrogen-bond donors (Lipinski definition) is 0. The van der Waals surface area contributed by atoms with E-state index in [4.69, 9.17) is 4.98 Å². The first-order valence-electron chi connectivity index (χ1n) is 11.3. The van der Waals surface area contributed by atoms with E-state index in [1.807, 2.05) is 11.5 Å². The molecule has 1 aliphatic rings. The zero-order valence-corrected chi connectivity index (χ0v) is 19.6. The molecule has 1 unspecified atom stereocenters. The van der Waals surface area contributed by atoms with Crippen molar-refractivity contribution in [3.63, 3.8) is 0 Å². The number of alkyl halides is 3. The summed E-state index contributed by atoms with van der Waals surface area (Å²) in [6.45, 7) is 8.15. The van der Waals surface area contributed by atoms with Gasteiger partial charge in [-0.05, 0) is 39.3 Å². The molecule has 0 radical (unpaired) electrons. The van der Waals surface area contributed by atoms with E-state index in [1.54, 1.807) is 6.20 Å². The van der Waals surface area contributed by atoms with E-state index >= 15 is 0 Å². The molecule has 0 amide bonds. The maximum absolute atomic E-state index is 13.0. The molecule has 11 heteroatoms. The number of benzene rings is 1. The molecule has 1 aliphatic heterocycles. The molecule has 8 nitrogen and oxygen atoms in total. The minimum atomic E-state index is -4.42. The zero-order chi connectivity index (χ0) is 24.9. The first-order chi connectivity index (χ1) is 16.7. The third kappa shape index (κ3) is 3.80. The third-order valence-corrected chi connectivity index (χ3v) is 6.06. The van der Waals surface area contributed by atoms with Crippen molar-refractivity contribution in [3.05, 3.63) is 60.1 Å². The third-order valence-electron chi connectivity index (χ3n) is 6.06. The van der Waals surface area contributed by atoms with Gasteiger partial charge in [0.25, 0.3) is 0 Å². The van der Waals surface area contributed by atoms with E-state index in [1.165, 1.54) is 24.5 Å². The summed E-state index contributed by atoms with van der Waals surface area (Å²) in [6.07, 6.45) is 1.11. The predicted octanol–water partition coefficient (Wildman–Crippen LogP) is 5.19. The SMILES string of the molecule is CCC1c2nnc(C)n2-c2cnc(-c3nccnc3-c3ccc(C(F)(F)F)cc3)nc2N1C(C)C. The van der Waals surface area contributed by atoms with Crippen LogP contribution < -0.4 is 4.90 Å². The van der Waals surface area contributed by atoms with Crippen molar-refractivity contribution in [3.8, 4) is 28.5 Å². The lowest BCUT2D eigenvalue weighted by atomic mass is 10.1. The molecule has 0 fully saturated rings. The fraction of sp³-hybridized carbons (Fsp3) is 0.333. The minimum Gasteiger partial charge on any atom is -0.342 e. The summed E-state index contributed by atoms with van der Waals surface area (Å²) >= 11 is 0. The Kier molecular flexibility index (Phi) is 5.49. The van der Waals surface area contributed by atoms with Crippen LogP contribution in [-0.2, 0) is 6.18 Å². The van der Waals surface area contributed by atoms with Crippen molar-refractivity contribution in [2.75, 3.05) is 4.90 Å². The van der Waals surface area contributed by atoms with Gasteiger partial charge in [-0.2, -0.15) is 13.2 Å². The number of hydrogen-bond acceptors (Lipinski definition) is 7. The van der Waals surface area contributed by atoms with Crippen molar-refractivity contribution < 1.29 is 13.2 Å². The van der Waals surface area contributed by atoms with Crippen molar-refractivity contribution in [1.29, 1.82) is 0 Å². The molecule has 3 aromatic heterocycles. The van der Waals surface area contributed by atoms with E-state index in [0.29, 0.717) is 22.8 Å². The highest BCUT2D eigenvalue weighted by molar-refractivity contribution is 5.76. The van der Waals surface area contributed by atoms with Crippen LogP contribution in [0.1, 0.15) is 50.4 Å². The van der Waals surface area contributed by atoms with E-state index < -0.39 is 11.7 Å². The topological polar surface area (TPSA) is 85.5 Å². The van der Waals surface area contributed by atoms with Crippen LogP contribution in [-0.4, -0.2) is 40.7 Å². The summed E-state index contributed by atoms with van der Waals surface area (Å²) in [4.78, 5) is 20.5. The zero-order valence-electron chi connectivity index (χ0n) is 19.6. The Hall–Kier alpha value is -3.89. The molecule has 4 heterocycles. The molecule has 1 aromatic carbocycles. The highest BCUT2D eigenvalue weighted by Gasteiger charge is 2.36. The molecule has 35 heavy (non-hydrogen) atoms. The number of anilines is 1. The highest BCUT2D eigenvalue weighted by atomic mass is 19.4. The number of aryl methyl sites for hydroxylation is 1. The second-order valence-electron chi connectivity index (χ2n) is 8.60. The van der Waals surface area contributed by atoms with Gasteiger partial charge in [0.15, 0.2) is 17.5 Å².